The third-order valence-corrected chi connectivity index (χ3v) is 4.92. The van der Waals surface area contributed by atoms with Gasteiger partial charge in [-0.3, -0.25) is 0 Å². The summed E-state index contributed by atoms with van der Waals surface area (Å²) < 4.78 is 0. The molecule has 1 aromatic rings. The van der Waals surface area contributed by atoms with Gasteiger partial charge in [0.25, 0.3) is 0 Å². The highest BCUT2D eigenvalue weighted by atomic mass is 16.4. The van der Waals surface area contributed by atoms with E-state index in [1.165, 1.54) is 19.3 Å². The minimum absolute atomic E-state index is 0.370. The standard InChI is InChI=1S/C17H23N3O4/c1-17(24,15(21)22)10-18-16(23)19-13-4-2-3-5-14(13)20-9-11-6-7-12(20)8-11/h2-5,11-12,24H,6-10H2,1H3,(H,21,22)(H2,18,19,23). The average Bonchev–Trinajstić information content (AvgIpc) is 3.16. The summed E-state index contributed by atoms with van der Waals surface area (Å²) in [6, 6.07) is 7.61. The number of nitrogens with one attached hydrogen (secondary N) is 2. The predicted octanol–water partition coefficient (Wildman–Crippen LogP) is 1.63. The number of piperidine rings is 1. The van der Waals surface area contributed by atoms with Crippen molar-refractivity contribution < 1.29 is 19.8 Å². The van der Waals surface area contributed by atoms with E-state index in [1.54, 1.807) is 0 Å². The van der Waals surface area contributed by atoms with Crippen molar-refractivity contribution in [3.8, 4) is 0 Å². The van der Waals surface area contributed by atoms with Crippen LogP contribution in [0.4, 0.5) is 16.2 Å². The van der Waals surface area contributed by atoms with Gasteiger partial charge in [0.1, 0.15) is 0 Å². The Morgan fingerprint density at radius 2 is 2.08 bits per heavy atom. The molecule has 1 heterocycles. The Bertz CT molecular complexity index is 646. The first-order valence-electron chi connectivity index (χ1n) is 8.23. The number of carbonyl (C=O) groups excluding carboxylic acids is 1. The number of hydrogen-bond donors (Lipinski definition) is 4. The van der Waals surface area contributed by atoms with Crippen LogP contribution in [-0.2, 0) is 4.79 Å². The van der Waals surface area contributed by atoms with Crippen molar-refractivity contribution in [2.75, 3.05) is 23.3 Å². The molecule has 4 N–H and O–H groups in total. The first-order chi connectivity index (χ1) is 11.4. The number of carboxylic acid groups (broad SMARTS) is 1. The van der Waals surface area contributed by atoms with Crippen molar-refractivity contribution in [2.45, 2.75) is 37.8 Å². The number of carboxylic acids is 1. The molecule has 130 valence electrons. The van der Waals surface area contributed by atoms with Crippen molar-refractivity contribution >= 4 is 23.4 Å². The van der Waals surface area contributed by atoms with E-state index in [4.69, 9.17) is 5.11 Å². The second-order valence-corrected chi connectivity index (χ2v) is 6.89. The van der Waals surface area contributed by atoms with Crippen LogP contribution >= 0.6 is 0 Å². The SMILES string of the molecule is CC(O)(CNC(=O)Nc1ccccc1N1CC2CCC1C2)C(=O)O. The molecule has 24 heavy (non-hydrogen) atoms. The van der Waals surface area contributed by atoms with E-state index in [-0.39, 0.29) is 6.54 Å². The number of fused-ring (bicyclic) bond motifs is 2. The first-order valence-corrected chi connectivity index (χ1v) is 8.23. The number of amides is 2. The lowest BCUT2D eigenvalue weighted by atomic mass is 10.1. The van der Waals surface area contributed by atoms with Crippen LogP contribution in [0.3, 0.4) is 0 Å². The van der Waals surface area contributed by atoms with Crippen LogP contribution in [0, 0.1) is 5.92 Å². The second kappa shape index (κ2) is 6.32. The first kappa shape index (κ1) is 16.6. The maximum absolute atomic E-state index is 12.1. The lowest BCUT2D eigenvalue weighted by Gasteiger charge is -2.31. The van der Waals surface area contributed by atoms with Crippen molar-refractivity contribution in [3.05, 3.63) is 24.3 Å². The average molecular weight is 333 g/mol. The number of aliphatic hydroxyl groups is 1. The smallest absolute Gasteiger partial charge is 0.337 e. The van der Waals surface area contributed by atoms with E-state index in [9.17, 15) is 14.7 Å². The van der Waals surface area contributed by atoms with Crippen molar-refractivity contribution in [2.24, 2.45) is 5.92 Å². The molecule has 7 heteroatoms. The molecule has 0 aromatic heterocycles. The maximum atomic E-state index is 12.1. The van der Waals surface area contributed by atoms with E-state index in [1.807, 2.05) is 24.3 Å². The summed E-state index contributed by atoms with van der Waals surface area (Å²) in [4.78, 5) is 25.3. The Morgan fingerprint density at radius 3 is 2.71 bits per heavy atom. The summed E-state index contributed by atoms with van der Waals surface area (Å²) in [6.45, 7) is 1.79. The minimum atomic E-state index is -2.00. The zero-order chi connectivity index (χ0) is 17.3. The third kappa shape index (κ3) is 3.31. The van der Waals surface area contributed by atoms with Crippen LogP contribution in [0.2, 0.25) is 0 Å². The monoisotopic (exact) mass is 333 g/mol. The maximum Gasteiger partial charge on any atom is 0.337 e. The van der Waals surface area contributed by atoms with E-state index >= 15 is 0 Å². The molecular weight excluding hydrogens is 310 g/mol. The molecular formula is C17H23N3O4. The van der Waals surface area contributed by atoms with Gasteiger partial charge in [0.15, 0.2) is 5.60 Å². The summed E-state index contributed by atoms with van der Waals surface area (Å²) in [7, 11) is 0. The molecule has 3 rings (SSSR count). The highest BCUT2D eigenvalue weighted by Crippen LogP contribution is 2.42. The minimum Gasteiger partial charge on any atom is -0.479 e. The van der Waals surface area contributed by atoms with Gasteiger partial charge < -0.3 is 25.7 Å². The normalized spacial score (nSPS) is 24.5. The predicted molar refractivity (Wildman–Crippen MR) is 90.2 cm³/mol. The summed E-state index contributed by atoms with van der Waals surface area (Å²) in [6.07, 6.45) is 3.68. The fourth-order valence-corrected chi connectivity index (χ4v) is 3.54. The van der Waals surface area contributed by atoms with Gasteiger partial charge in [-0.05, 0) is 44.2 Å². The molecule has 1 saturated carbocycles. The molecule has 2 fully saturated rings. The van der Waals surface area contributed by atoms with Gasteiger partial charge in [-0.15, -0.1) is 0 Å². The summed E-state index contributed by atoms with van der Waals surface area (Å²) in [5.74, 6) is -0.640. The third-order valence-electron chi connectivity index (χ3n) is 4.92. The van der Waals surface area contributed by atoms with Gasteiger partial charge in [0, 0.05) is 12.6 Å². The Kier molecular flexibility index (Phi) is 4.36. The fraction of sp³-hybridized carbons (Fsp3) is 0.529. The summed E-state index contributed by atoms with van der Waals surface area (Å²) in [5, 5.41) is 23.7. The summed E-state index contributed by atoms with van der Waals surface area (Å²) in [5.41, 5.74) is -0.312. The van der Waals surface area contributed by atoms with E-state index in [0.717, 1.165) is 25.1 Å². The van der Waals surface area contributed by atoms with Crippen LogP contribution in [-0.4, -0.2) is 46.9 Å². The number of hydrogen-bond acceptors (Lipinski definition) is 4. The zero-order valence-corrected chi connectivity index (χ0v) is 13.7. The Labute approximate surface area is 140 Å². The topological polar surface area (TPSA) is 102 Å². The number of aliphatic carboxylic acids is 1. The van der Waals surface area contributed by atoms with Crippen LogP contribution < -0.4 is 15.5 Å². The van der Waals surface area contributed by atoms with E-state index < -0.39 is 17.6 Å². The molecule has 2 bridgehead atoms. The molecule has 7 nitrogen and oxygen atoms in total. The molecule has 3 unspecified atom stereocenters. The Balaban J connectivity index is 1.65. The van der Waals surface area contributed by atoms with Crippen LogP contribution in [0.1, 0.15) is 26.2 Å². The second-order valence-electron chi connectivity index (χ2n) is 6.89. The van der Waals surface area contributed by atoms with Crippen LogP contribution in [0.25, 0.3) is 0 Å². The Morgan fingerprint density at radius 1 is 1.33 bits per heavy atom. The molecule has 1 aliphatic heterocycles. The molecule has 1 aliphatic carbocycles. The van der Waals surface area contributed by atoms with E-state index in [2.05, 4.69) is 15.5 Å². The zero-order valence-electron chi connectivity index (χ0n) is 13.7. The highest BCUT2D eigenvalue weighted by molar-refractivity contribution is 5.93. The molecule has 1 aromatic carbocycles. The van der Waals surface area contributed by atoms with Crippen molar-refractivity contribution in [1.29, 1.82) is 0 Å². The number of nitrogens with zero attached hydrogens (tertiary/aromatic N) is 1. The molecule has 0 radical (unpaired) electrons. The summed E-state index contributed by atoms with van der Waals surface area (Å²) >= 11 is 0. The fourth-order valence-electron chi connectivity index (χ4n) is 3.54. The van der Waals surface area contributed by atoms with Gasteiger partial charge in [0.05, 0.1) is 17.9 Å². The van der Waals surface area contributed by atoms with Crippen LogP contribution in [0.5, 0.6) is 0 Å². The highest BCUT2D eigenvalue weighted by Gasteiger charge is 2.38. The number of urea groups is 1. The molecule has 2 amide bonds. The van der Waals surface area contributed by atoms with Gasteiger partial charge in [-0.25, -0.2) is 9.59 Å². The number of rotatable bonds is 5. The van der Waals surface area contributed by atoms with Crippen LogP contribution in [0.15, 0.2) is 24.3 Å². The number of para-hydroxylation sites is 2. The largest absolute Gasteiger partial charge is 0.479 e. The van der Waals surface area contributed by atoms with Crippen molar-refractivity contribution in [1.82, 2.24) is 5.32 Å². The lowest BCUT2D eigenvalue weighted by molar-refractivity contribution is -0.155. The molecule has 1 saturated heterocycles. The van der Waals surface area contributed by atoms with Gasteiger partial charge in [0.2, 0.25) is 0 Å². The number of carbonyl (C=O) groups is 2. The van der Waals surface area contributed by atoms with E-state index in [0.29, 0.717) is 11.7 Å². The molecule has 2 aliphatic rings. The Hall–Kier alpha value is -2.28. The number of benzene rings is 1. The lowest BCUT2D eigenvalue weighted by Crippen LogP contribution is -2.47. The van der Waals surface area contributed by atoms with Crippen molar-refractivity contribution in [3.63, 3.8) is 0 Å². The molecule has 0 spiro atoms. The van der Waals surface area contributed by atoms with Gasteiger partial charge in [-0.1, -0.05) is 12.1 Å². The van der Waals surface area contributed by atoms with Gasteiger partial charge in [-0.2, -0.15) is 0 Å². The number of anilines is 2. The quantitative estimate of drug-likeness (QED) is 0.656. The van der Waals surface area contributed by atoms with Gasteiger partial charge >= 0.3 is 12.0 Å². The molecule has 3 atom stereocenters.